The monoisotopic (exact) mass is 227 g/mol. The number of hydrogen-bond donors (Lipinski definition) is 0. The minimum absolute atomic E-state index is 0.161. The van der Waals surface area contributed by atoms with Crippen molar-refractivity contribution < 1.29 is 4.79 Å². The molecule has 0 unspecified atom stereocenters. The Morgan fingerprint density at radius 3 is 2.76 bits per heavy atom. The molecule has 1 aliphatic rings. The van der Waals surface area contributed by atoms with Crippen molar-refractivity contribution in [2.45, 2.75) is 32.7 Å². The third kappa shape index (κ3) is 1.78. The molecule has 2 nitrogen and oxygen atoms in total. The highest BCUT2D eigenvalue weighted by molar-refractivity contribution is 6.06. The molecule has 0 radical (unpaired) electrons. The van der Waals surface area contributed by atoms with Gasteiger partial charge in [0.25, 0.3) is 0 Å². The van der Waals surface area contributed by atoms with Gasteiger partial charge >= 0.3 is 0 Å². The minimum Gasteiger partial charge on any atom is -0.346 e. The average molecular weight is 227 g/mol. The van der Waals surface area contributed by atoms with Gasteiger partial charge in [-0.3, -0.25) is 4.79 Å². The first kappa shape index (κ1) is 10.6. The van der Waals surface area contributed by atoms with Crippen LogP contribution >= 0.6 is 0 Å². The van der Waals surface area contributed by atoms with E-state index < -0.39 is 0 Å². The Hall–Kier alpha value is -1.57. The van der Waals surface area contributed by atoms with Gasteiger partial charge in [-0.05, 0) is 31.7 Å². The maximum atomic E-state index is 11.6. The lowest BCUT2D eigenvalue weighted by Gasteiger charge is -2.26. The Labute approximate surface area is 101 Å². The van der Waals surface area contributed by atoms with Gasteiger partial charge in [-0.25, -0.2) is 0 Å². The van der Waals surface area contributed by atoms with Crippen LogP contribution < -0.4 is 0 Å². The average Bonchev–Trinajstić information content (AvgIpc) is 2.63. The summed E-state index contributed by atoms with van der Waals surface area (Å²) in [5, 5.41) is 1.10. The summed E-state index contributed by atoms with van der Waals surface area (Å²) in [6.45, 7) is 2.71. The first-order valence-corrected chi connectivity index (χ1v) is 6.34. The molecule has 0 spiro atoms. The van der Waals surface area contributed by atoms with E-state index in [1.165, 1.54) is 24.8 Å². The lowest BCUT2D eigenvalue weighted by molar-refractivity contribution is 0.101. The van der Waals surface area contributed by atoms with Gasteiger partial charge in [-0.2, -0.15) is 0 Å². The molecule has 17 heavy (non-hydrogen) atoms. The summed E-state index contributed by atoms with van der Waals surface area (Å²) in [5.41, 5.74) is 2.06. The van der Waals surface area contributed by atoms with Crippen LogP contribution in [0, 0.1) is 5.92 Å². The van der Waals surface area contributed by atoms with Gasteiger partial charge in [-0.1, -0.05) is 24.6 Å². The maximum absolute atomic E-state index is 11.6. The Kier molecular flexibility index (Phi) is 2.50. The van der Waals surface area contributed by atoms with E-state index in [1.807, 2.05) is 24.4 Å². The molecule has 1 saturated carbocycles. The van der Waals surface area contributed by atoms with E-state index in [2.05, 4.69) is 10.6 Å². The van der Waals surface area contributed by atoms with E-state index in [1.54, 1.807) is 6.92 Å². The van der Waals surface area contributed by atoms with Gasteiger partial charge in [0.05, 0.1) is 0 Å². The van der Waals surface area contributed by atoms with Crippen LogP contribution in [0.4, 0.5) is 0 Å². The zero-order chi connectivity index (χ0) is 11.8. The Morgan fingerprint density at radius 2 is 2.12 bits per heavy atom. The van der Waals surface area contributed by atoms with Crippen LogP contribution in [0.5, 0.6) is 0 Å². The van der Waals surface area contributed by atoms with Gasteiger partial charge < -0.3 is 4.57 Å². The normalized spacial score (nSPS) is 16.1. The molecule has 2 heteroatoms. The molecule has 0 amide bonds. The summed E-state index contributed by atoms with van der Waals surface area (Å²) in [7, 11) is 0. The van der Waals surface area contributed by atoms with Gasteiger partial charge in [0.2, 0.25) is 0 Å². The van der Waals surface area contributed by atoms with Crippen molar-refractivity contribution in [3.05, 3.63) is 36.0 Å². The van der Waals surface area contributed by atoms with Gasteiger partial charge in [0.15, 0.2) is 5.78 Å². The van der Waals surface area contributed by atoms with Crippen molar-refractivity contribution >= 4 is 16.7 Å². The van der Waals surface area contributed by atoms with Crippen molar-refractivity contribution in [3.63, 3.8) is 0 Å². The zero-order valence-corrected chi connectivity index (χ0v) is 10.1. The van der Waals surface area contributed by atoms with E-state index in [0.717, 1.165) is 23.4 Å². The van der Waals surface area contributed by atoms with Crippen molar-refractivity contribution in [2.75, 3.05) is 0 Å². The molecule has 1 fully saturated rings. The first-order valence-electron chi connectivity index (χ1n) is 6.34. The van der Waals surface area contributed by atoms with Gasteiger partial charge in [0.1, 0.15) is 0 Å². The highest BCUT2D eigenvalue weighted by Gasteiger charge is 2.19. The van der Waals surface area contributed by atoms with E-state index in [0.29, 0.717) is 0 Å². The predicted octanol–water partition coefficient (Wildman–Crippen LogP) is 3.64. The summed E-state index contributed by atoms with van der Waals surface area (Å²) in [6, 6.07) is 8.20. The summed E-state index contributed by atoms with van der Waals surface area (Å²) in [4.78, 5) is 11.6. The molecule has 2 aromatic rings. The van der Waals surface area contributed by atoms with Crippen molar-refractivity contribution in [3.8, 4) is 0 Å². The second-order valence-electron chi connectivity index (χ2n) is 5.07. The fourth-order valence-electron chi connectivity index (χ4n) is 2.63. The number of Topliss-reactive ketones (excluding diaryl/α,β-unsaturated/α-hetero) is 1. The molecule has 1 heterocycles. The second-order valence-corrected chi connectivity index (χ2v) is 5.07. The minimum atomic E-state index is 0.161. The van der Waals surface area contributed by atoms with E-state index >= 15 is 0 Å². The van der Waals surface area contributed by atoms with Crippen molar-refractivity contribution in [1.82, 2.24) is 4.57 Å². The molecule has 0 atom stereocenters. The number of fused-ring (bicyclic) bond motifs is 1. The van der Waals surface area contributed by atoms with Crippen molar-refractivity contribution in [2.24, 2.45) is 5.92 Å². The lowest BCUT2D eigenvalue weighted by atomic mass is 9.85. The maximum Gasteiger partial charge on any atom is 0.161 e. The number of nitrogens with zero attached hydrogens (tertiary/aromatic N) is 1. The third-order valence-corrected chi connectivity index (χ3v) is 3.85. The van der Waals surface area contributed by atoms with Crippen LogP contribution in [0.3, 0.4) is 0 Å². The Balaban J connectivity index is 2.07. The highest BCUT2D eigenvalue weighted by atomic mass is 16.1. The Morgan fingerprint density at radius 1 is 1.35 bits per heavy atom. The number of hydrogen-bond acceptors (Lipinski definition) is 1. The number of aromatic nitrogens is 1. The largest absolute Gasteiger partial charge is 0.346 e. The van der Waals surface area contributed by atoms with E-state index in [9.17, 15) is 4.79 Å². The van der Waals surface area contributed by atoms with Crippen LogP contribution in [-0.2, 0) is 6.54 Å². The molecule has 0 bridgehead atoms. The zero-order valence-electron chi connectivity index (χ0n) is 10.1. The van der Waals surface area contributed by atoms with Gasteiger partial charge in [-0.15, -0.1) is 0 Å². The van der Waals surface area contributed by atoms with E-state index in [4.69, 9.17) is 0 Å². The lowest BCUT2D eigenvalue weighted by Crippen LogP contribution is -2.17. The molecular formula is C15H17NO. The highest BCUT2D eigenvalue weighted by Crippen LogP contribution is 2.30. The van der Waals surface area contributed by atoms with Crippen LogP contribution in [0.15, 0.2) is 30.5 Å². The summed E-state index contributed by atoms with van der Waals surface area (Å²) >= 11 is 0. The molecule has 1 aromatic heterocycles. The molecular weight excluding hydrogens is 210 g/mol. The molecule has 1 aromatic carbocycles. The number of rotatable bonds is 3. The van der Waals surface area contributed by atoms with E-state index in [-0.39, 0.29) is 5.78 Å². The molecule has 3 rings (SSSR count). The quantitative estimate of drug-likeness (QED) is 0.734. The van der Waals surface area contributed by atoms with Crippen LogP contribution in [-0.4, -0.2) is 10.4 Å². The molecule has 1 aliphatic carbocycles. The topological polar surface area (TPSA) is 22.0 Å². The number of para-hydroxylation sites is 1. The fraction of sp³-hybridized carbons (Fsp3) is 0.400. The van der Waals surface area contributed by atoms with Crippen LogP contribution in [0.25, 0.3) is 10.9 Å². The molecule has 88 valence electrons. The molecule has 0 aliphatic heterocycles. The summed E-state index contributed by atoms with van der Waals surface area (Å²) in [6.07, 6.45) is 6.07. The number of benzene rings is 1. The second kappa shape index (κ2) is 4.02. The first-order chi connectivity index (χ1) is 8.25. The SMILES string of the molecule is CC(=O)c1cn(CC2CCC2)c2ccccc12. The Bertz CT molecular complexity index is 563. The number of carbonyl (C=O) groups excluding carboxylic acids is 1. The summed E-state index contributed by atoms with van der Waals surface area (Å²) in [5.74, 6) is 0.971. The number of carbonyl (C=O) groups is 1. The standard InChI is InChI=1S/C15H17NO/c1-11(17)14-10-16(9-12-5-4-6-12)15-8-3-2-7-13(14)15/h2-3,7-8,10,12H,4-6,9H2,1H3. The molecule has 0 saturated heterocycles. The predicted molar refractivity (Wildman–Crippen MR) is 69.3 cm³/mol. The smallest absolute Gasteiger partial charge is 0.161 e. The third-order valence-electron chi connectivity index (χ3n) is 3.85. The molecule has 0 N–H and O–H groups in total. The summed E-state index contributed by atoms with van der Waals surface area (Å²) < 4.78 is 2.26. The van der Waals surface area contributed by atoms with Crippen molar-refractivity contribution in [1.29, 1.82) is 0 Å². The van der Waals surface area contributed by atoms with Crippen LogP contribution in [0.2, 0.25) is 0 Å². The van der Waals surface area contributed by atoms with Gasteiger partial charge in [0, 0.05) is 29.2 Å². The fourth-order valence-corrected chi connectivity index (χ4v) is 2.63. The van der Waals surface area contributed by atoms with Crippen LogP contribution in [0.1, 0.15) is 36.5 Å². The number of ketones is 1.